The summed E-state index contributed by atoms with van der Waals surface area (Å²) in [6.45, 7) is 2.36. The second kappa shape index (κ2) is 5.09. The number of hydrogen-bond acceptors (Lipinski definition) is 6. The first-order chi connectivity index (χ1) is 13.5. The topological polar surface area (TPSA) is 95.7 Å². The van der Waals surface area contributed by atoms with Crippen molar-refractivity contribution in [2.75, 3.05) is 11.5 Å². The summed E-state index contributed by atoms with van der Waals surface area (Å²) in [5.74, 6) is -0.614. The van der Waals surface area contributed by atoms with Crippen LogP contribution < -0.4 is 4.90 Å². The molecule has 7 nitrogen and oxygen atoms in total. The highest BCUT2D eigenvalue weighted by molar-refractivity contribution is 6.07. The van der Waals surface area contributed by atoms with E-state index >= 15 is 0 Å². The molecule has 2 bridgehead atoms. The zero-order valence-corrected chi connectivity index (χ0v) is 15.3. The van der Waals surface area contributed by atoms with E-state index in [-0.39, 0.29) is 17.7 Å². The van der Waals surface area contributed by atoms with Crippen LogP contribution in [-0.4, -0.2) is 46.1 Å². The molecule has 142 valence electrons. The van der Waals surface area contributed by atoms with E-state index in [0.717, 1.165) is 5.39 Å². The number of aromatic nitrogens is 1. The van der Waals surface area contributed by atoms with Crippen LogP contribution in [0.25, 0.3) is 10.8 Å². The molecule has 1 spiro atoms. The highest BCUT2D eigenvalue weighted by atomic mass is 16.6. The van der Waals surface area contributed by atoms with E-state index in [4.69, 9.17) is 9.47 Å². The smallest absolute Gasteiger partial charge is 0.235 e. The molecule has 0 aliphatic carbocycles. The first-order valence-corrected chi connectivity index (χ1v) is 9.61. The van der Waals surface area contributed by atoms with Gasteiger partial charge in [-0.2, -0.15) is 5.26 Å². The lowest BCUT2D eigenvalue weighted by molar-refractivity contribution is -0.163. The Labute approximate surface area is 161 Å². The van der Waals surface area contributed by atoms with Crippen molar-refractivity contribution in [1.82, 2.24) is 4.98 Å². The van der Waals surface area contributed by atoms with Crippen molar-refractivity contribution in [1.29, 1.82) is 5.26 Å². The number of pyridine rings is 1. The van der Waals surface area contributed by atoms with Gasteiger partial charge in [0.15, 0.2) is 0 Å². The van der Waals surface area contributed by atoms with Gasteiger partial charge in [0.2, 0.25) is 5.91 Å². The summed E-state index contributed by atoms with van der Waals surface area (Å²) in [4.78, 5) is 19.6. The van der Waals surface area contributed by atoms with Gasteiger partial charge in [0.25, 0.3) is 0 Å². The largest absolute Gasteiger partial charge is 0.390 e. The second-order valence-electron chi connectivity index (χ2n) is 8.46. The fraction of sp³-hybridized carbons (Fsp3) is 0.476. The fourth-order valence-corrected chi connectivity index (χ4v) is 6.12. The van der Waals surface area contributed by atoms with E-state index in [1.807, 2.05) is 31.2 Å². The van der Waals surface area contributed by atoms with Crippen LogP contribution >= 0.6 is 0 Å². The van der Waals surface area contributed by atoms with E-state index < -0.39 is 23.5 Å². The average Bonchev–Trinajstić information content (AvgIpc) is 3.24. The van der Waals surface area contributed by atoms with E-state index in [2.05, 4.69) is 11.1 Å². The summed E-state index contributed by atoms with van der Waals surface area (Å²) < 4.78 is 12.4. The summed E-state index contributed by atoms with van der Waals surface area (Å²) in [5, 5.41) is 21.7. The number of aliphatic hydroxyl groups is 1. The van der Waals surface area contributed by atoms with Crippen molar-refractivity contribution in [3.05, 3.63) is 36.2 Å². The first kappa shape index (κ1) is 16.4. The molecule has 1 aromatic heterocycles. The van der Waals surface area contributed by atoms with Gasteiger partial charge in [-0.1, -0.05) is 24.3 Å². The molecule has 0 radical (unpaired) electrons. The summed E-state index contributed by atoms with van der Waals surface area (Å²) in [5.41, 5.74) is -0.424. The third kappa shape index (κ3) is 1.70. The number of anilines is 1. The van der Waals surface area contributed by atoms with E-state index in [1.54, 1.807) is 11.1 Å². The minimum atomic E-state index is -0.720. The van der Waals surface area contributed by atoms with Gasteiger partial charge in [-0.05, 0) is 6.92 Å². The van der Waals surface area contributed by atoms with Crippen molar-refractivity contribution in [3.63, 3.8) is 0 Å². The van der Waals surface area contributed by atoms with E-state index in [9.17, 15) is 15.2 Å². The van der Waals surface area contributed by atoms with Crippen LogP contribution in [0.15, 0.2) is 30.5 Å². The predicted octanol–water partition coefficient (Wildman–Crippen LogP) is 1.72. The molecule has 4 fully saturated rings. The molecule has 1 aromatic carbocycles. The average molecular weight is 377 g/mol. The Morgan fingerprint density at radius 3 is 2.93 bits per heavy atom. The summed E-state index contributed by atoms with van der Waals surface area (Å²) in [7, 11) is 0. The maximum Gasteiger partial charge on any atom is 0.235 e. The summed E-state index contributed by atoms with van der Waals surface area (Å²) in [6, 6.07) is 9.59. The van der Waals surface area contributed by atoms with Gasteiger partial charge in [-0.25, -0.2) is 4.98 Å². The van der Waals surface area contributed by atoms with Crippen LogP contribution in [0.3, 0.4) is 0 Å². The highest BCUT2D eigenvalue weighted by Gasteiger charge is 2.78. The van der Waals surface area contributed by atoms with E-state index in [0.29, 0.717) is 36.2 Å². The third-order valence-corrected chi connectivity index (χ3v) is 7.15. The zero-order chi connectivity index (χ0) is 19.3. The molecule has 5 heterocycles. The van der Waals surface area contributed by atoms with Crippen molar-refractivity contribution in [3.8, 4) is 6.07 Å². The number of carbonyl (C=O) groups is 1. The van der Waals surface area contributed by atoms with Crippen LogP contribution in [0.5, 0.6) is 0 Å². The molecule has 7 heteroatoms. The number of rotatable bonds is 1. The number of nitrogens with zero attached hydrogens (tertiary/aromatic N) is 3. The Balaban J connectivity index is 1.55. The van der Waals surface area contributed by atoms with Crippen molar-refractivity contribution in [2.45, 2.75) is 43.3 Å². The number of amides is 1. The van der Waals surface area contributed by atoms with Crippen molar-refractivity contribution >= 4 is 22.4 Å². The molecule has 1 amide bonds. The van der Waals surface area contributed by atoms with E-state index in [1.165, 1.54) is 0 Å². The SMILES string of the molecule is C[C@@]12CC(O)[C@]3(CCO[C@H]4[C@@H]3[C@@H]1C(=O)N4c1cnc(C#N)c3ccccc13)O2. The Bertz CT molecular complexity index is 1080. The molecule has 0 saturated carbocycles. The molecule has 6 atom stereocenters. The number of benzene rings is 1. The summed E-state index contributed by atoms with van der Waals surface area (Å²) >= 11 is 0. The quantitative estimate of drug-likeness (QED) is 0.813. The van der Waals surface area contributed by atoms with Crippen LogP contribution in [-0.2, 0) is 14.3 Å². The lowest BCUT2D eigenvalue weighted by Crippen LogP contribution is -2.56. The standard InChI is InChI=1S/C21H19N3O4/c1-20-8-15(25)21(28-20)6-7-27-19-17(21)16(20)18(26)24(19)14-10-23-13(9-22)11-4-2-3-5-12(11)14/h2-5,10,15-17,19,25H,6-8H2,1H3/t15?,16-,17+,19+,20-,21+/m1/s1. The zero-order valence-electron chi connectivity index (χ0n) is 15.3. The molecular weight excluding hydrogens is 358 g/mol. The van der Waals surface area contributed by atoms with Crippen LogP contribution in [0.4, 0.5) is 5.69 Å². The molecule has 1 unspecified atom stereocenters. The lowest BCUT2D eigenvalue weighted by Gasteiger charge is -2.43. The molecule has 28 heavy (non-hydrogen) atoms. The highest BCUT2D eigenvalue weighted by Crippen LogP contribution is 2.65. The normalized spacial score (nSPS) is 40.8. The fourth-order valence-electron chi connectivity index (χ4n) is 6.12. The Kier molecular flexibility index (Phi) is 2.99. The van der Waals surface area contributed by atoms with Gasteiger partial charge in [-0.15, -0.1) is 0 Å². The van der Waals surface area contributed by atoms with Crippen molar-refractivity contribution in [2.24, 2.45) is 11.8 Å². The minimum absolute atomic E-state index is 0.0511. The van der Waals surface area contributed by atoms with Gasteiger partial charge in [0.05, 0.1) is 42.0 Å². The van der Waals surface area contributed by atoms with Gasteiger partial charge in [-0.3, -0.25) is 9.69 Å². The Morgan fingerprint density at radius 2 is 2.14 bits per heavy atom. The van der Waals surface area contributed by atoms with Gasteiger partial charge in [0.1, 0.15) is 23.6 Å². The monoisotopic (exact) mass is 377 g/mol. The molecule has 2 aromatic rings. The van der Waals surface area contributed by atoms with Gasteiger partial charge < -0.3 is 14.6 Å². The molecule has 6 rings (SSSR count). The minimum Gasteiger partial charge on any atom is -0.390 e. The van der Waals surface area contributed by atoms with Crippen LogP contribution in [0, 0.1) is 23.2 Å². The molecule has 4 saturated heterocycles. The van der Waals surface area contributed by atoms with Gasteiger partial charge in [0, 0.05) is 23.6 Å². The molecule has 4 aliphatic rings. The first-order valence-electron chi connectivity index (χ1n) is 9.61. The van der Waals surface area contributed by atoms with Gasteiger partial charge >= 0.3 is 0 Å². The number of nitriles is 1. The molecule has 1 N–H and O–H groups in total. The molecular formula is C21H19N3O4. The van der Waals surface area contributed by atoms with Crippen LogP contribution in [0.1, 0.15) is 25.5 Å². The van der Waals surface area contributed by atoms with Crippen molar-refractivity contribution < 1.29 is 19.4 Å². The number of fused-ring (bicyclic) bond motifs is 3. The number of carbonyl (C=O) groups excluding carboxylic acids is 1. The Morgan fingerprint density at radius 1 is 1.36 bits per heavy atom. The number of aliphatic hydroxyl groups excluding tert-OH is 1. The molecule has 4 aliphatic heterocycles. The number of ether oxygens (including phenoxy) is 2. The second-order valence-corrected chi connectivity index (χ2v) is 8.46. The predicted molar refractivity (Wildman–Crippen MR) is 98.1 cm³/mol. The number of hydrogen-bond donors (Lipinski definition) is 1. The maximum atomic E-state index is 13.6. The Hall–Kier alpha value is -2.53. The van der Waals surface area contributed by atoms with Crippen LogP contribution in [0.2, 0.25) is 0 Å². The maximum absolute atomic E-state index is 13.6. The third-order valence-electron chi connectivity index (χ3n) is 7.15. The summed E-state index contributed by atoms with van der Waals surface area (Å²) in [6.07, 6.45) is 1.56. The lowest BCUT2D eigenvalue weighted by atomic mass is 9.65.